The number of rotatable bonds is 7. The first-order valence-corrected chi connectivity index (χ1v) is 11.6. The minimum atomic E-state index is -1.15. The van der Waals surface area contributed by atoms with Crippen LogP contribution < -0.4 is 10.6 Å². The molecule has 1 aliphatic carbocycles. The fraction of sp³-hybridized carbons (Fsp3) is 0.320. The van der Waals surface area contributed by atoms with Crippen molar-refractivity contribution >= 4 is 17.5 Å². The van der Waals surface area contributed by atoms with Crippen LogP contribution in [-0.2, 0) is 16.9 Å². The Morgan fingerprint density at radius 1 is 1.26 bits per heavy atom. The van der Waals surface area contributed by atoms with E-state index in [0.29, 0.717) is 49.0 Å². The molecule has 0 radical (unpaired) electrons. The van der Waals surface area contributed by atoms with Crippen LogP contribution in [0.2, 0.25) is 0 Å². The standard InChI is InChI=1S/C25H28N8O2/c1-16-10-20(29-21(11-16)30-22-12-17(2)31-32-22)25(35)7-6-19(13-25)24(34)27-15-18-4-5-23(26-14-18)33-9-3-8-28-33/h3-5,8-12,14,19,35H,6-7,13,15H2,1-2H3,(H,27,34)(H2,29,30,31,32)/t19-,25-/m1/s1. The number of pyridine rings is 2. The molecule has 0 saturated heterocycles. The summed E-state index contributed by atoms with van der Waals surface area (Å²) in [6.07, 6.45) is 6.65. The topological polar surface area (TPSA) is 134 Å². The van der Waals surface area contributed by atoms with Gasteiger partial charge >= 0.3 is 0 Å². The van der Waals surface area contributed by atoms with Crippen LogP contribution in [0.5, 0.6) is 0 Å². The third-order valence-electron chi connectivity index (χ3n) is 6.28. The Hall–Kier alpha value is -4.05. The molecule has 0 unspecified atom stereocenters. The van der Waals surface area contributed by atoms with Crippen LogP contribution in [0.1, 0.15) is 41.8 Å². The average Bonchev–Trinajstić information content (AvgIpc) is 3.60. The van der Waals surface area contributed by atoms with Gasteiger partial charge in [0.15, 0.2) is 11.6 Å². The van der Waals surface area contributed by atoms with Crippen LogP contribution in [-0.4, -0.2) is 41.0 Å². The Balaban J connectivity index is 1.21. The van der Waals surface area contributed by atoms with Crippen molar-refractivity contribution in [3.05, 3.63) is 77.5 Å². The lowest BCUT2D eigenvalue weighted by molar-refractivity contribution is -0.125. The number of hydrogen-bond donors (Lipinski definition) is 4. The van der Waals surface area contributed by atoms with E-state index in [0.717, 1.165) is 16.8 Å². The van der Waals surface area contributed by atoms with Crippen molar-refractivity contribution in [2.24, 2.45) is 5.92 Å². The smallest absolute Gasteiger partial charge is 0.223 e. The number of aliphatic hydroxyl groups is 1. The minimum Gasteiger partial charge on any atom is -0.384 e. The molecule has 4 aromatic heterocycles. The summed E-state index contributed by atoms with van der Waals surface area (Å²) < 4.78 is 1.68. The number of amides is 1. The number of aromatic amines is 1. The first-order chi connectivity index (χ1) is 16.9. The molecule has 4 heterocycles. The summed E-state index contributed by atoms with van der Waals surface area (Å²) in [4.78, 5) is 21.9. The summed E-state index contributed by atoms with van der Waals surface area (Å²) in [5.74, 6) is 1.63. The summed E-state index contributed by atoms with van der Waals surface area (Å²) in [7, 11) is 0. The number of carbonyl (C=O) groups is 1. The second kappa shape index (κ2) is 9.30. The van der Waals surface area contributed by atoms with Gasteiger partial charge in [0.2, 0.25) is 5.91 Å². The van der Waals surface area contributed by atoms with Crippen LogP contribution in [0.3, 0.4) is 0 Å². The van der Waals surface area contributed by atoms with Gasteiger partial charge in [-0.25, -0.2) is 14.6 Å². The molecule has 2 atom stereocenters. The molecule has 1 aliphatic rings. The quantitative estimate of drug-likeness (QED) is 0.325. The fourth-order valence-electron chi connectivity index (χ4n) is 4.46. The molecule has 5 rings (SSSR count). The molecule has 0 spiro atoms. The van der Waals surface area contributed by atoms with E-state index in [-0.39, 0.29) is 11.8 Å². The van der Waals surface area contributed by atoms with Gasteiger partial charge in [0, 0.05) is 42.8 Å². The molecule has 4 aromatic rings. The monoisotopic (exact) mass is 472 g/mol. The molecule has 1 amide bonds. The number of hydrogen-bond acceptors (Lipinski definition) is 7. The van der Waals surface area contributed by atoms with E-state index in [1.54, 1.807) is 17.1 Å². The largest absolute Gasteiger partial charge is 0.384 e. The van der Waals surface area contributed by atoms with Crippen molar-refractivity contribution in [1.29, 1.82) is 0 Å². The summed E-state index contributed by atoms with van der Waals surface area (Å²) in [5, 5.41) is 28.8. The lowest BCUT2D eigenvalue weighted by Crippen LogP contribution is -2.31. The molecule has 1 fully saturated rings. The van der Waals surface area contributed by atoms with E-state index < -0.39 is 5.60 Å². The van der Waals surface area contributed by atoms with E-state index in [2.05, 4.69) is 35.9 Å². The van der Waals surface area contributed by atoms with E-state index >= 15 is 0 Å². The van der Waals surface area contributed by atoms with Crippen molar-refractivity contribution in [2.75, 3.05) is 5.32 Å². The lowest BCUT2D eigenvalue weighted by Gasteiger charge is -2.23. The van der Waals surface area contributed by atoms with Crippen LogP contribution in [0.4, 0.5) is 11.6 Å². The second-order valence-corrected chi connectivity index (χ2v) is 9.14. The summed E-state index contributed by atoms with van der Waals surface area (Å²) >= 11 is 0. The van der Waals surface area contributed by atoms with Gasteiger partial charge in [0.1, 0.15) is 11.4 Å². The van der Waals surface area contributed by atoms with Crippen LogP contribution in [0.25, 0.3) is 5.82 Å². The molecule has 35 heavy (non-hydrogen) atoms. The van der Waals surface area contributed by atoms with E-state index in [9.17, 15) is 9.90 Å². The zero-order valence-corrected chi connectivity index (χ0v) is 19.7. The maximum Gasteiger partial charge on any atom is 0.223 e. The third-order valence-corrected chi connectivity index (χ3v) is 6.28. The van der Waals surface area contributed by atoms with Crippen LogP contribution in [0, 0.1) is 19.8 Å². The lowest BCUT2D eigenvalue weighted by atomic mass is 9.94. The van der Waals surface area contributed by atoms with Gasteiger partial charge in [-0.1, -0.05) is 6.07 Å². The Bertz CT molecular complexity index is 1320. The number of nitrogens with zero attached hydrogens (tertiary/aromatic N) is 5. The predicted octanol–water partition coefficient (Wildman–Crippen LogP) is 3.05. The fourth-order valence-corrected chi connectivity index (χ4v) is 4.46. The van der Waals surface area contributed by atoms with Crippen molar-refractivity contribution in [2.45, 2.75) is 45.3 Å². The molecular weight excluding hydrogens is 444 g/mol. The van der Waals surface area contributed by atoms with Crippen LogP contribution in [0.15, 0.2) is 55.0 Å². The highest BCUT2D eigenvalue weighted by Crippen LogP contribution is 2.42. The van der Waals surface area contributed by atoms with Crippen molar-refractivity contribution in [3.8, 4) is 5.82 Å². The van der Waals surface area contributed by atoms with Gasteiger partial charge in [-0.05, 0) is 68.5 Å². The predicted molar refractivity (Wildman–Crippen MR) is 130 cm³/mol. The number of H-pyrrole nitrogens is 1. The van der Waals surface area contributed by atoms with Crippen LogP contribution >= 0.6 is 0 Å². The SMILES string of the molecule is Cc1cc(Nc2cc(C)[nH]n2)nc([C@@]2(O)CC[C@@H](C(=O)NCc3ccc(-n4cccn4)nc3)C2)c1. The van der Waals surface area contributed by atoms with E-state index in [4.69, 9.17) is 0 Å². The number of aromatic nitrogens is 6. The van der Waals surface area contributed by atoms with Gasteiger partial charge < -0.3 is 15.7 Å². The maximum absolute atomic E-state index is 12.9. The normalized spacial score (nSPS) is 19.6. The average molecular weight is 473 g/mol. The molecule has 10 heteroatoms. The van der Waals surface area contributed by atoms with Gasteiger partial charge in [-0.15, -0.1) is 0 Å². The van der Waals surface area contributed by atoms with E-state index in [1.165, 1.54) is 0 Å². The highest BCUT2D eigenvalue weighted by Gasteiger charge is 2.43. The Labute approximate surface area is 202 Å². The molecule has 10 nitrogen and oxygen atoms in total. The molecule has 4 N–H and O–H groups in total. The Morgan fingerprint density at radius 3 is 2.86 bits per heavy atom. The summed E-state index contributed by atoms with van der Waals surface area (Å²) in [5.41, 5.74) is 2.22. The number of anilines is 2. The third kappa shape index (κ3) is 5.07. The highest BCUT2D eigenvalue weighted by molar-refractivity contribution is 5.79. The summed E-state index contributed by atoms with van der Waals surface area (Å²) in [6, 6.07) is 11.3. The number of nitrogens with one attached hydrogen (secondary N) is 3. The van der Waals surface area contributed by atoms with Crippen molar-refractivity contribution < 1.29 is 9.90 Å². The van der Waals surface area contributed by atoms with Crippen molar-refractivity contribution in [3.63, 3.8) is 0 Å². The van der Waals surface area contributed by atoms with Gasteiger partial charge in [-0.3, -0.25) is 9.89 Å². The Morgan fingerprint density at radius 2 is 2.14 bits per heavy atom. The molecule has 0 aromatic carbocycles. The second-order valence-electron chi connectivity index (χ2n) is 9.14. The molecule has 0 bridgehead atoms. The number of carbonyl (C=O) groups excluding carboxylic acids is 1. The number of aryl methyl sites for hydroxylation is 2. The first kappa shape index (κ1) is 22.7. The minimum absolute atomic E-state index is 0.0740. The van der Waals surface area contributed by atoms with E-state index in [1.807, 2.05) is 56.4 Å². The Kier molecular flexibility index (Phi) is 6.04. The van der Waals surface area contributed by atoms with Gasteiger partial charge in [0.25, 0.3) is 0 Å². The molecule has 0 aliphatic heterocycles. The maximum atomic E-state index is 12.9. The zero-order valence-electron chi connectivity index (χ0n) is 19.7. The van der Waals surface area contributed by atoms with Crippen molar-refractivity contribution in [1.82, 2.24) is 35.3 Å². The molecule has 1 saturated carbocycles. The zero-order chi connectivity index (χ0) is 24.4. The van der Waals surface area contributed by atoms with Gasteiger partial charge in [0.05, 0.1) is 5.69 Å². The highest BCUT2D eigenvalue weighted by atomic mass is 16.3. The molecule has 180 valence electrons. The van der Waals surface area contributed by atoms with Gasteiger partial charge in [-0.2, -0.15) is 10.2 Å². The molecular formula is C25H28N8O2. The first-order valence-electron chi connectivity index (χ1n) is 11.6. The summed E-state index contributed by atoms with van der Waals surface area (Å²) in [6.45, 7) is 4.26.